The summed E-state index contributed by atoms with van der Waals surface area (Å²) in [5.74, 6) is 0.451. The third-order valence-corrected chi connectivity index (χ3v) is 7.31. The number of H-pyrrole nitrogens is 1. The summed E-state index contributed by atoms with van der Waals surface area (Å²) >= 11 is 0. The molecule has 3 aromatic heterocycles. The third-order valence-electron chi connectivity index (χ3n) is 7.31. The fourth-order valence-corrected chi connectivity index (χ4v) is 4.96. The fourth-order valence-electron chi connectivity index (χ4n) is 4.96. The van der Waals surface area contributed by atoms with Crippen molar-refractivity contribution in [3.63, 3.8) is 0 Å². The first kappa shape index (κ1) is 24.6. The minimum absolute atomic E-state index is 0.0855. The molecule has 1 unspecified atom stereocenters. The predicted octanol–water partition coefficient (Wildman–Crippen LogP) is 4.12. The molecule has 1 aromatic carbocycles. The monoisotopic (exact) mass is 523 g/mol. The van der Waals surface area contributed by atoms with Gasteiger partial charge in [-0.1, -0.05) is 6.07 Å². The lowest BCUT2D eigenvalue weighted by Gasteiger charge is -2.40. The van der Waals surface area contributed by atoms with Gasteiger partial charge < -0.3 is 20.5 Å². The Morgan fingerprint density at radius 2 is 1.84 bits per heavy atom. The van der Waals surface area contributed by atoms with E-state index >= 15 is 0 Å². The molecule has 9 nitrogen and oxygen atoms in total. The fraction of sp³-hybridized carbons (Fsp3) is 0.385. The molecule has 0 aliphatic carbocycles. The van der Waals surface area contributed by atoms with Gasteiger partial charge in [0, 0.05) is 63.1 Å². The number of imidazole rings is 1. The summed E-state index contributed by atoms with van der Waals surface area (Å²) < 4.78 is 38.6. The van der Waals surface area contributed by atoms with Crippen molar-refractivity contribution < 1.29 is 13.2 Å². The number of fused-ring (bicyclic) bond motifs is 1. The zero-order valence-electron chi connectivity index (χ0n) is 20.8. The number of benzene rings is 1. The number of piperazine rings is 1. The van der Waals surface area contributed by atoms with E-state index in [1.165, 1.54) is 11.9 Å². The van der Waals surface area contributed by atoms with Crippen LogP contribution in [0.3, 0.4) is 0 Å². The van der Waals surface area contributed by atoms with E-state index in [1.807, 2.05) is 30.3 Å². The molecular formula is C26H28F3N9. The van der Waals surface area contributed by atoms with Crippen molar-refractivity contribution in [2.24, 2.45) is 5.92 Å². The van der Waals surface area contributed by atoms with Gasteiger partial charge in [0.2, 0.25) is 5.95 Å². The van der Waals surface area contributed by atoms with Crippen molar-refractivity contribution in [3.8, 4) is 11.3 Å². The molecule has 0 saturated carbocycles. The number of pyridine rings is 1. The Kier molecular flexibility index (Phi) is 6.36. The molecular weight excluding hydrogens is 495 g/mol. The molecule has 0 radical (unpaired) electrons. The number of aromatic amines is 1. The van der Waals surface area contributed by atoms with Crippen LogP contribution in [0.5, 0.6) is 0 Å². The van der Waals surface area contributed by atoms with Crippen LogP contribution in [0.2, 0.25) is 0 Å². The number of alkyl halides is 3. The molecule has 6 rings (SSSR count). The quantitative estimate of drug-likeness (QED) is 0.347. The molecule has 2 aliphatic heterocycles. The van der Waals surface area contributed by atoms with E-state index in [2.05, 4.69) is 47.4 Å². The van der Waals surface area contributed by atoms with E-state index in [-0.39, 0.29) is 19.1 Å². The van der Waals surface area contributed by atoms with Gasteiger partial charge in [0.15, 0.2) is 0 Å². The van der Waals surface area contributed by atoms with Crippen molar-refractivity contribution in [1.82, 2.24) is 35.1 Å². The average Bonchev–Trinajstić information content (AvgIpc) is 3.29. The van der Waals surface area contributed by atoms with Gasteiger partial charge in [0.25, 0.3) is 0 Å². The second-order valence-corrected chi connectivity index (χ2v) is 9.78. The highest BCUT2D eigenvalue weighted by atomic mass is 19.4. The third kappa shape index (κ3) is 5.01. The second-order valence-electron chi connectivity index (χ2n) is 9.78. The van der Waals surface area contributed by atoms with Crippen LogP contribution >= 0.6 is 0 Å². The van der Waals surface area contributed by atoms with Crippen LogP contribution in [0.1, 0.15) is 18.5 Å². The van der Waals surface area contributed by atoms with Gasteiger partial charge in [-0.15, -0.1) is 0 Å². The highest BCUT2D eigenvalue weighted by Gasteiger charge is 2.47. The van der Waals surface area contributed by atoms with Crippen LogP contribution in [-0.2, 0) is 0 Å². The van der Waals surface area contributed by atoms with Gasteiger partial charge in [-0.2, -0.15) is 13.2 Å². The summed E-state index contributed by atoms with van der Waals surface area (Å²) in [5, 5.41) is 6.66. The summed E-state index contributed by atoms with van der Waals surface area (Å²) in [6, 6.07) is 11.8. The van der Waals surface area contributed by atoms with Crippen molar-refractivity contribution in [1.29, 1.82) is 0 Å². The molecule has 1 atom stereocenters. The van der Waals surface area contributed by atoms with Crippen LogP contribution < -0.4 is 15.5 Å². The number of anilines is 3. The van der Waals surface area contributed by atoms with Gasteiger partial charge in [0.1, 0.15) is 18.0 Å². The summed E-state index contributed by atoms with van der Waals surface area (Å²) in [5.41, 5.74) is 4.20. The normalized spacial score (nSPS) is 17.9. The molecule has 2 aliphatic rings. The van der Waals surface area contributed by atoms with Crippen molar-refractivity contribution in [3.05, 3.63) is 54.5 Å². The number of nitrogens with one attached hydrogen (secondary N) is 3. The van der Waals surface area contributed by atoms with E-state index in [9.17, 15) is 13.2 Å². The summed E-state index contributed by atoms with van der Waals surface area (Å²) in [7, 11) is 0. The maximum absolute atomic E-state index is 12.9. The Labute approximate surface area is 217 Å². The lowest BCUT2D eigenvalue weighted by molar-refractivity contribution is -0.180. The lowest BCUT2D eigenvalue weighted by Crippen LogP contribution is -2.53. The average molecular weight is 524 g/mol. The lowest BCUT2D eigenvalue weighted by atomic mass is 9.99. The van der Waals surface area contributed by atoms with Gasteiger partial charge in [-0.25, -0.2) is 19.9 Å². The van der Waals surface area contributed by atoms with Crippen LogP contribution in [0.15, 0.2) is 48.9 Å². The molecule has 2 fully saturated rings. The topological polar surface area (TPSA) is 97.9 Å². The van der Waals surface area contributed by atoms with Crippen molar-refractivity contribution in [2.45, 2.75) is 19.1 Å². The Balaban J connectivity index is 1.17. The largest absolute Gasteiger partial charge is 0.395 e. The van der Waals surface area contributed by atoms with Crippen molar-refractivity contribution in [2.75, 3.05) is 49.5 Å². The zero-order chi connectivity index (χ0) is 26.3. The van der Waals surface area contributed by atoms with E-state index in [4.69, 9.17) is 0 Å². The number of rotatable bonds is 6. The Morgan fingerprint density at radius 3 is 2.63 bits per heavy atom. The van der Waals surface area contributed by atoms with Gasteiger partial charge in [-0.05, 0) is 36.8 Å². The molecule has 38 heavy (non-hydrogen) atoms. The van der Waals surface area contributed by atoms with Gasteiger partial charge in [0.05, 0.1) is 22.6 Å². The number of hydrogen-bond acceptors (Lipinski definition) is 8. The summed E-state index contributed by atoms with van der Waals surface area (Å²) in [6.45, 7) is 6.05. The molecule has 198 valence electrons. The number of halogens is 3. The molecule has 0 amide bonds. The van der Waals surface area contributed by atoms with E-state index in [0.29, 0.717) is 23.3 Å². The first-order valence-corrected chi connectivity index (χ1v) is 12.6. The molecule has 4 aromatic rings. The van der Waals surface area contributed by atoms with E-state index in [0.717, 1.165) is 42.8 Å². The Morgan fingerprint density at radius 1 is 1.03 bits per heavy atom. The standard InChI is InChI=1S/C26H28F3N9/c1-16(37-8-6-30-7-9-37)17-4-5-31-23(11-17)36-25-34-20-3-2-18(10-22(20)35-25)21-12-24(33-15-32-21)38-13-19(14-38)26(27,28)29/h2-5,10-12,15-16,19,30H,6-9,13-14H2,1H3,(H2,31,34,35,36). The molecule has 0 bridgehead atoms. The van der Waals surface area contributed by atoms with E-state index in [1.54, 1.807) is 17.2 Å². The van der Waals surface area contributed by atoms with Crippen molar-refractivity contribution >= 4 is 28.6 Å². The molecule has 2 saturated heterocycles. The molecule has 0 spiro atoms. The van der Waals surface area contributed by atoms with E-state index < -0.39 is 12.1 Å². The zero-order valence-corrected chi connectivity index (χ0v) is 20.8. The number of nitrogens with zero attached hydrogens (tertiary/aromatic N) is 6. The van der Waals surface area contributed by atoms with Crippen LogP contribution in [0, 0.1) is 5.92 Å². The predicted molar refractivity (Wildman–Crippen MR) is 139 cm³/mol. The highest BCUT2D eigenvalue weighted by molar-refractivity contribution is 5.83. The second kappa shape index (κ2) is 9.84. The first-order chi connectivity index (χ1) is 18.3. The Hall–Kier alpha value is -3.77. The maximum Gasteiger partial charge on any atom is 0.395 e. The smallest absolute Gasteiger partial charge is 0.355 e. The SMILES string of the molecule is CC(c1ccnc(Nc2nc3ccc(-c4cc(N5CC(C(F)(F)F)C5)ncn4)cc3[nH]2)c1)N1CCNCC1. The van der Waals surface area contributed by atoms with Crippen LogP contribution in [0.4, 0.5) is 30.8 Å². The van der Waals surface area contributed by atoms with Gasteiger partial charge in [-0.3, -0.25) is 4.90 Å². The molecule has 3 N–H and O–H groups in total. The summed E-state index contributed by atoms with van der Waals surface area (Å²) in [6.07, 6.45) is -0.988. The summed E-state index contributed by atoms with van der Waals surface area (Å²) in [4.78, 5) is 25.0. The van der Waals surface area contributed by atoms with Gasteiger partial charge >= 0.3 is 6.18 Å². The molecule has 5 heterocycles. The van der Waals surface area contributed by atoms with Crippen LogP contribution in [0.25, 0.3) is 22.3 Å². The minimum Gasteiger partial charge on any atom is -0.355 e. The number of hydrogen-bond donors (Lipinski definition) is 3. The van der Waals surface area contributed by atoms with Crippen LogP contribution in [-0.4, -0.2) is 75.3 Å². The highest BCUT2D eigenvalue weighted by Crippen LogP contribution is 2.36. The minimum atomic E-state index is -4.18. The Bertz CT molecular complexity index is 1430. The maximum atomic E-state index is 12.9. The number of aromatic nitrogens is 5. The first-order valence-electron chi connectivity index (χ1n) is 12.6. The molecule has 12 heteroatoms.